The molecule has 0 aromatic heterocycles. The van der Waals surface area contributed by atoms with Crippen molar-refractivity contribution < 1.29 is 3.07 Å². The van der Waals surface area contributed by atoms with Crippen molar-refractivity contribution in [2.45, 2.75) is 32.6 Å². The maximum Gasteiger partial charge on any atom is 0.109 e. The first-order valence-electron chi connectivity index (χ1n) is 4.06. The standard InChI is InChI=1S/C8H15IO/c1-7-2-3-8(6-7)4-5-10-9/h7-8H,2-6H2,1H3. The summed E-state index contributed by atoms with van der Waals surface area (Å²) < 4.78 is 5.01. The van der Waals surface area contributed by atoms with Gasteiger partial charge in [-0.15, -0.1) is 0 Å². The molecule has 2 atom stereocenters. The average molecular weight is 254 g/mol. The van der Waals surface area contributed by atoms with E-state index in [1.165, 1.54) is 25.7 Å². The van der Waals surface area contributed by atoms with Crippen molar-refractivity contribution in [1.29, 1.82) is 0 Å². The molecule has 2 unspecified atom stereocenters. The van der Waals surface area contributed by atoms with Gasteiger partial charge >= 0.3 is 0 Å². The molecule has 0 bridgehead atoms. The van der Waals surface area contributed by atoms with Crippen LogP contribution in [0.1, 0.15) is 32.6 Å². The van der Waals surface area contributed by atoms with E-state index in [1.807, 2.05) is 23.0 Å². The Morgan fingerprint density at radius 2 is 2.30 bits per heavy atom. The molecule has 10 heavy (non-hydrogen) atoms. The third-order valence-corrected chi connectivity index (χ3v) is 2.85. The van der Waals surface area contributed by atoms with Gasteiger partial charge in [0, 0.05) is 0 Å². The molecule has 0 aromatic carbocycles. The van der Waals surface area contributed by atoms with Crippen molar-refractivity contribution in [1.82, 2.24) is 0 Å². The highest BCUT2D eigenvalue weighted by Gasteiger charge is 2.20. The van der Waals surface area contributed by atoms with E-state index in [9.17, 15) is 0 Å². The van der Waals surface area contributed by atoms with Crippen LogP contribution in [0.3, 0.4) is 0 Å². The molecular formula is C8H15IO. The summed E-state index contributed by atoms with van der Waals surface area (Å²) in [5, 5.41) is 0. The van der Waals surface area contributed by atoms with Gasteiger partial charge in [-0.2, -0.15) is 0 Å². The normalized spacial score (nSPS) is 33.0. The van der Waals surface area contributed by atoms with Crippen LogP contribution in [0.25, 0.3) is 0 Å². The maximum absolute atomic E-state index is 5.01. The zero-order valence-corrected chi connectivity index (χ0v) is 8.63. The fourth-order valence-corrected chi connectivity index (χ4v) is 2.05. The Balaban J connectivity index is 2.06. The quantitative estimate of drug-likeness (QED) is 0.703. The molecule has 0 saturated heterocycles. The van der Waals surface area contributed by atoms with Gasteiger partial charge in [0.25, 0.3) is 0 Å². The van der Waals surface area contributed by atoms with E-state index in [2.05, 4.69) is 6.92 Å². The van der Waals surface area contributed by atoms with Crippen LogP contribution in [-0.4, -0.2) is 6.61 Å². The van der Waals surface area contributed by atoms with E-state index in [0.717, 1.165) is 18.4 Å². The Kier molecular flexibility index (Phi) is 3.99. The van der Waals surface area contributed by atoms with Crippen molar-refractivity contribution in [2.24, 2.45) is 11.8 Å². The Hall–Kier alpha value is 0.690. The Morgan fingerprint density at radius 1 is 1.50 bits per heavy atom. The van der Waals surface area contributed by atoms with Crippen molar-refractivity contribution in [3.8, 4) is 0 Å². The van der Waals surface area contributed by atoms with E-state index >= 15 is 0 Å². The van der Waals surface area contributed by atoms with Crippen molar-refractivity contribution in [2.75, 3.05) is 6.61 Å². The molecular weight excluding hydrogens is 239 g/mol. The summed E-state index contributed by atoms with van der Waals surface area (Å²) >= 11 is 1.98. The van der Waals surface area contributed by atoms with E-state index in [-0.39, 0.29) is 0 Å². The van der Waals surface area contributed by atoms with E-state index < -0.39 is 0 Å². The number of halogens is 1. The predicted octanol–water partition coefficient (Wildman–Crippen LogP) is 3.18. The minimum absolute atomic E-state index is 0.942. The van der Waals surface area contributed by atoms with E-state index in [0.29, 0.717) is 0 Å². The summed E-state index contributed by atoms with van der Waals surface area (Å²) in [5.41, 5.74) is 0. The van der Waals surface area contributed by atoms with E-state index in [1.54, 1.807) is 0 Å². The molecule has 1 aliphatic rings. The van der Waals surface area contributed by atoms with Gasteiger partial charge in [-0.05, 0) is 24.7 Å². The summed E-state index contributed by atoms with van der Waals surface area (Å²) in [5.74, 6) is 1.93. The molecule has 60 valence electrons. The van der Waals surface area contributed by atoms with Crippen molar-refractivity contribution in [3.63, 3.8) is 0 Å². The Bertz CT molecular complexity index is 95.3. The molecule has 1 fully saturated rings. The zero-order valence-electron chi connectivity index (χ0n) is 6.48. The molecule has 1 rings (SSSR count). The van der Waals surface area contributed by atoms with Crippen LogP contribution in [0.4, 0.5) is 0 Å². The summed E-state index contributed by atoms with van der Waals surface area (Å²) in [6, 6.07) is 0. The summed E-state index contributed by atoms with van der Waals surface area (Å²) in [6.45, 7) is 3.29. The topological polar surface area (TPSA) is 9.23 Å². The number of rotatable bonds is 3. The molecule has 1 aliphatic carbocycles. The third-order valence-electron chi connectivity index (χ3n) is 2.41. The number of hydrogen-bond acceptors (Lipinski definition) is 1. The second kappa shape index (κ2) is 4.54. The summed E-state index contributed by atoms with van der Waals surface area (Å²) in [6.07, 6.45) is 5.57. The van der Waals surface area contributed by atoms with Crippen LogP contribution in [0.2, 0.25) is 0 Å². The first-order chi connectivity index (χ1) is 4.83. The van der Waals surface area contributed by atoms with Crippen LogP contribution in [0.5, 0.6) is 0 Å². The number of hydrogen-bond donors (Lipinski definition) is 0. The average Bonchev–Trinajstić information content (AvgIpc) is 2.31. The van der Waals surface area contributed by atoms with E-state index in [4.69, 9.17) is 3.07 Å². The lowest BCUT2D eigenvalue weighted by molar-refractivity contribution is 0.350. The summed E-state index contributed by atoms with van der Waals surface area (Å²) in [4.78, 5) is 0. The van der Waals surface area contributed by atoms with Crippen LogP contribution in [-0.2, 0) is 3.07 Å². The molecule has 1 saturated carbocycles. The largest absolute Gasteiger partial charge is 0.316 e. The summed E-state index contributed by atoms with van der Waals surface area (Å²) in [7, 11) is 0. The van der Waals surface area contributed by atoms with Crippen molar-refractivity contribution in [3.05, 3.63) is 0 Å². The van der Waals surface area contributed by atoms with Crippen LogP contribution >= 0.6 is 23.0 Å². The fraction of sp³-hybridized carbons (Fsp3) is 1.00. The molecule has 0 spiro atoms. The Labute approximate surface area is 77.2 Å². The van der Waals surface area contributed by atoms with Crippen LogP contribution in [0, 0.1) is 11.8 Å². The SMILES string of the molecule is CC1CCC(CCOI)C1. The molecule has 2 heteroatoms. The second-order valence-corrected chi connectivity index (χ2v) is 4.01. The highest BCUT2D eigenvalue weighted by atomic mass is 127. The monoisotopic (exact) mass is 254 g/mol. The molecule has 0 aromatic rings. The van der Waals surface area contributed by atoms with Gasteiger partial charge in [0.15, 0.2) is 0 Å². The molecule has 0 heterocycles. The van der Waals surface area contributed by atoms with Gasteiger partial charge in [-0.1, -0.05) is 19.8 Å². The van der Waals surface area contributed by atoms with Gasteiger partial charge in [0.2, 0.25) is 0 Å². The Morgan fingerprint density at radius 3 is 2.80 bits per heavy atom. The first kappa shape index (κ1) is 8.78. The lowest BCUT2D eigenvalue weighted by Gasteiger charge is -2.06. The zero-order chi connectivity index (χ0) is 7.40. The van der Waals surface area contributed by atoms with Gasteiger partial charge in [0.05, 0.1) is 6.61 Å². The minimum Gasteiger partial charge on any atom is -0.316 e. The van der Waals surface area contributed by atoms with Gasteiger partial charge in [-0.25, -0.2) is 0 Å². The highest BCUT2D eigenvalue weighted by molar-refractivity contribution is 14.1. The van der Waals surface area contributed by atoms with Gasteiger partial charge in [0.1, 0.15) is 23.0 Å². The minimum atomic E-state index is 0.942. The molecule has 0 amide bonds. The third kappa shape index (κ3) is 2.74. The van der Waals surface area contributed by atoms with Crippen LogP contribution in [0.15, 0.2) is 0 Å². The first-order valence-corrected chi connectivity index (χ1v) is 4.94. The highest BCUT2D eigenvalue weighted by Crippen LogP contribution is 2.32. The molecule has 0 radical (unpaired) electrons. The van der Waals surface area contributed by atoms with Crippen molar-refractivity contribution >= 4 is 23.0 Å². The van der Waals surface area contributed by atoms with Gasteiger partial charge < -0.3 is 3.07 Å². The van der Waals surface area contributed by atoms with Gasteiger partial charge in [-0.3, -0.25) is 0 Å². The smallest absolute Gasteiger partial charge is 0.109 e. The molecule has 1 nitrogen and oxygen atoms in total. The molecule has 0 aliphatic heterocycles. The molecule has 0 N–H and O–H groups in total. The van der Waals surface area contributed by atoms with Crippen LogP contribution < -0.4 is 0 Å². The lowest BCUT2D eigenvalue weighted by Crippen LogP contribution is -1.97. The lowest BCUT2D eigenvalue weighted by atomic mass is 10.0. The predicted molar refractivity (Wildman–Crippen MR) is 51.1 cm³/mol. The second-order valence-electron chi connectivity index (χ2n) is 3.39. The fourth-order valence-electron chi connectivity index (χ4n) is 1.80. The maximum atomic E-state index is 5.01.